The van der Waals surface area contributed by atoms with Gasteiger partial charge in [-0.3, -0.25) is 0 Å². The van der Waals surface area contributed by atoms with Crippen molar-refractivity contribution < 1.29 is 9.13 Å². The van der Waals surface area contributed by atoms with Gasteiger partial charge in [0.2, 0.25) is 0 Å². The molecule has 1 atom stereocenters. The molecule has 2 N–H and O–H groups in total. The topological polar surface area (TPSA) is 45.7 Å². The number of ether oxygens (including phenoxy) is 1. The van der Waals surface area contributed by atoms with Crippen molar-refractivity contribution in [3.05, 3.63) is 35.1 Å². The molecule has 4 nitrogen and oxygen atoms in total. The third-order valence-corrected chi connectivity index (χ3v) is 3.77. The van der Waals surface area contributed by atoms with Crippen molar-refractivity contribution in [2.75, 3.05) is 19.7 Å². The quantitative estimate of drug-likeness (QED) is 0.627. The van der Waals surface area contributed by atoms with E-state index in [0.717, 1.165) is 44.1 Å². The van der Waals surface area contributed by atoms with Gasteiger partial charge in [-0.05, 0) is 50.3 Å². The van der Waals surface area contributed by atoms with E-state index < -0.39 is 0 Å². The van der Waals surface area contributed by atoms with Crippen LogP contribution in [0.15, 0.2) is 23.2 Å². The number of nitrogens with zero attached hydrogens (tertiary/aromatic N) is 1. The number of rotatable bonds is 6. The average Bonchev–Trinajstić information content (AvgIpc) is 3.01. The zero-order valence-electron chi connectivity index (χ0n) is 13.5. The van der Waals surface area contributed by atoms with Crippen LogP contribution in [0.5, 0.6) is 0 Å². The molecule has 1 aliphatic rings. The molecule has 1 aliphatic heterocycles. The van der Waals surface area contributed by atoms with E-state index in [4.69, 9.17) is 4.74 Å². The van der Waals surface area contributed by atoms with Gasteiger partial charge in [0, 0.05) is 19.7 Å². The maximum absolute atomic E-state index is 13.3. The van der Waals surface area contributed by atoms with Gasteiger partial charge < -0.3 is 15.4 Å². The molecule has 0 spiro atoms. The van der Waals surface area contributed by atoms with Crippen LogP contribution >= 0.6 is 0 Å². The van der Waals surface area contributed by atoms with Crippen molar-refractivity contribution in [1.82, 2.24) is 10.6 Å². The van der Waals surface area contributed by atoms with Gasteiger partial charge in [0.05, 0.1) is 12.6 Å². The molecule has 0 amide bonds. The smallest absolute Gasteiger partial charge is 0.191 e. The van der Waals surface area contributed by atoms with Gasteiger partial charge in [-0.15, -0.1) is 0 Å². The molecular weight excluding hydrogens is 281 g/mol. The van der Waals surface area contributed by atoms with Crippen molar-refractivity contribution in [3.8, 4) is 0 Å². The van der Waals surface area contributed by atoms with Crippen LogP contribution in [0.2, 0.25) is 0 Å². The molecule has 1 heterocycles. The summed E-state index contributed by atoms with van der Waals surface area (Å²) in [5.41, 5.74) is 1.67. The zero-order valence-corrected chi connectivity index (χ0v) is 13.5. The first-order chi connectivity index (χ1) is 10.7. The summed E-state index contributed by atoms with van der Waals surface area (Å²) in [4.78, 5) is 4.55. The molecule has 22 heavy (non-hydrogen) atoms. The second kappa shape index (κ2) is 8.73. The maximum atomic E-state index is 13.3. The number of hydrogen-bond acceptors (Lipinski definition) is 2. The monoisotopic (exact) mass is 307 g/mol. The Balaban J connectivity index is 1.84. The maximum Gasteiger partial charge on any atom is 0.191 e. The number of nitrogens with one attached hydrogen (secondary N) is 2. The molecule has 0 radical (unpaired) electrons. The third kappa shape index (κ3) is 5.30. The zero-order chi connectivity index (χ0) is 15.8. The van der Waals surface area contributed by atoms with Crippen molar-refractivity contribution in [2.45, 2.75) is 45.8 Å². The molecule has 1 saturated heterocycles. The molecule has 0 aliphatic carbocycles. The largest absolute Gasteiger partial charge is 0.378 e. The average molecular weight is 307 g/mol. The van der Waals surface area contributed by atoms with Gasteiger partial charge >= 0.3 is 0 Å². The highest BCUT2D eigenvalue weighted by Crippen LogP contribution is 2.14. The number of hydrogen-bond donors (Lipinski definition) is 2. The molecule has 2 rings (SSSR count). The van der Waals surface area contributed by atoms with Crippen LogP contribution in [0, 0.1) is 12.7 Å². The molecule has 5 heteroatoms. The predicted molar refractivity (Wildman–Crippen MR) is 87.5 cm³/mol. The number of aliphatic imine (C=N–C) groups is 1. The lowest BCUT2D eigenvalue weighted by molar-refractivity contribution is 0.105. The SMILES string of the molecule is CCNC(=NCc1ccc(F)c(C)c1)NCCC1CCCO1. The lowest BCUT2D eigenvalue weighted by atomic mass is 10.1. The van der Waals surface area contributed by atoms with Crippen molar-refractivity contribution in [2.24, 2.45) is 4.99 Å². The molecule has 0 aromatic heterocycles. The number of benzene rings is 1. The first kappa shape index (κ1) is 16.7. The van der Waals surface area contributed by atoms with E-state index in [0.29, 0.717) is 18.2 Å². The second-order valence-electron chi connectivity index (χ2n) is 5.63. The molecule has 1 aromatic carbocycles. The Kier molecular flexibility index (Phi) is 6.65. The molecule has 0 saturated carbocycles. The summed E-state index contributed by atoms with van der Waals surface area (Å²) >= 11 is 0. The number of guanidine groups is 1. The molecular formula is C17H26FN3O. The van der Waals surface area contributed by atoms with Gasteiger partial charge in [0.25, 0.3) is 0 Å². The van der Waals surface area contributed by atoms with Crippen LogP contribution in [-0.2, 0) is 11.3 Å². The molecule has 1 fully saturated rings. The fourth-order valence-electron chi connectivity index (χ4n) is 2.54. The Hall–Kier alpha value is -1.62. The second-order valence-corrected chi connectivity index (χ2v) is 5.63. The molecule has 122 valence electrons. The van der Waals surface area contributed by atoms with Crippen LogP contribution in [0.3, 0.4) is 0 Å². The number of aryl methyl sites for hydroxylation is 1. The summed E-state index contributed by atoms with van der Waals surface area (Å²) in [6.07, 6.45) is 3.71. The van der Waals surface area contributed by atoms with Crippen LogP contribution in [0.4, 0.5) is 4.39 Å². The predicted octanol–water partition coefficient (Wildman–Crippen LogP) is 2.76. The number of halogens is 1. The Bertz CT molecular complexity index is 499. The van der Waals surface area contributed by atoms with Crippen molar-refractivity contribution >= 4 is 5.96 Å². The van der Waals surface area contributed by atoms with Gasteiger partial charge in [-0.2, -0.15) is 0 Å². The Morgan fingerprint density at radius 2 is 2.27 bits per heavy atom. The summed E-state index contributed by atoms with van der Waals surface area (Å²) < 4.78 is 18.9. The first-order valence-corrected chi connectivity index (χ1v) is 8.08. The Morgan fingerprint density at radius 1 is 1.41 bits per heavy atom. The van der Waals surface area contributed by atoms with Crippen LogP contribution < -0.4 is 10.6 Å². The van der Waals surface area contributed by atoms with Gasteiger partial charge in [0.15, 0.2) is 5.96 Å². The summed E-state index contributed by atoms with van der Waals surface area (Å²) in [7, 11) is 0. The molecule has 0 bridgehead atoms. The standard InChI is InChI=1S/C17H26FN3O/c1-3-19-17(20-9-8-15-5-4-10-22-15)21-12-14-6-7-16(18)13(2)11-14/h6-7,11,15H,3-5,8-10,12H2,1-2H3,(H2,19,20,21). The highest BCUT2D eigenvalue weighted by molar-refractivity contribution is 5.79. The van der Waals surface area contributed by atoms with E-state index in [1.165, 1.54) is 12.5 Å². The minimum atomic E-state index is -0.172. The van der Waals surface area contributed by atoms with E-state index >= 15 is 0 Å². The fourth-order valence-corrected chi connectivity index (χ4v) is 2.54. The minimum Gasteiger partial charge on any atom is -0.378 e. The van der Waals surface area contributed by atoms with Crippen LogP contribution in [0.1, 0.15) is 37.3 Å². The van der Waals surface area contributed by atoms with E-state index in [1.807, 2.05) is 13.0 Å². The minimum absolute atomic E-state index is 0.172. The van der Waals surface area contributed by atoms with E-state index in [9.17, 15) is 4.39 Å². The summed E-state index contributed by atoms with van der Waals surface area (Å²) in [6.45, 7) is 6.90. The van der Waals surface area contributed by atoms with Crippen molar-refractivity contribution in [1.29, 1.82) is 0 Å². The van der Waals surface area contributed by atoms with Gasteiger partial charge in [-0.25, -0.2) is 9.38 Å². The molecule has 1 unspecified atom stereocenters. The Morgan fingerprint density at radius 3 is 2.95 bits per heavy atom. The van der Waals surface area contributed by atoms with Gasteiger partial charge in [-0.1, -0.05) is 12.1 Å². The van der Waals surface area contributed by atoms with E-state index in [-0.39, 0.29) is 5.82 Å². The van der Waals surface area contributed by atoms with Crippen LogP contribution in [0.25, 0.3) is 0 Å². The van der Waals surface area contributed by atoms with Crippen molar-refractivity contribution in [3.63, 3.8) is 0 Å². The van der Waals surface area contributed by atoms with E-state index in [1.54, 1.807) is 13.0 Å². The third-order valence-electron chi connectivity index (χ3n) is 3.77. The summed E-state index contributed by atoms with van der Waals surface area (Å²) in [5.74, 6) is 0.622. The first-order valence-electron chi connectivity index (χ1n) is 8.08. The summed E-state index contributed by atoms with van der Waals surface area (Å²) in [5, 5.41) is 6.56. The molecule has 1 aromatic rings. The normalized spacial score (nSPS) is 18.5. The van der Waals surface area contributed by atoms with Gasteiger partial charge in [0.1, 0.15) is 5.82 Å². The highest BCUT2D eigenvalue weighted by Gasteiger charge is 2.14. The highest BCUT2D eigenvalue weighted by atomic mass is 19.1. The lowest BCUT2D eigenvalue weighted by Gasteiger charge is -2.13. The lowest BCUT2D eigenvalue weighted by Crippen LogP contribution is -2.38. The van der Waals surface area contributed by atoms with E-state index in [2.05, 4.69) is 15.6 Å². The fraction of sp³-hybridized carbons (Fsp3) is 0.588. The Labute approximate surface area is 132 Å². The summed E-state index contributed by atoms with van der Waals surface area (Å²) in [6, 6.07) is 5.12. The van der Waals surface area contributed by atoms with Crippen LogP contribution in [-0.4, -0.2) is 31.8 Å².